The van der Waals surface area contributed by atoms with Crippen molar-refractivity contribution in [3.05, 3.63) is 0 Å². The number of rotatable bonds is 3. The van der Waals surface area contributed by atoms with Crippen molar-refractivity contribution in [2.24, 2.45) is 0 Å². The van der Waals surface area contributed by atoms with Crippen molar-refractivity contribution in [3.63, 3.8) is 0 Å². The molecule has 0 aromatic carbocycles. The molecule has 2 amide bonds. The maximum atomic E-state index is 11.9. The molecule has 3 rings (SSSR count). The molecule has 1 heterocycles. The molecule has 2 aliphatic carbocycles. The number of nitrogens with one attached hydrogen (secondary N) is 2. The van der Waals surface area contributed by atoms with Crippen molar-refractivity contribution in [1.82, 2.24) is 15.5 Å². The van der Waals surface area contributed by atoms with Gasteiger partial charge in [0.25, 0.3) is 0 Å². The van der Waals surface area contributed by atoms with Gasteiger partial charge >= 0.3 is 6.03 Å². The number of piperidine rings is 1. The van der Waals surface area contributed by atoms with Crippen molar-refractivity contribution < 1.29 is 4.79 Å². The molecule has 0 unspecified atom stereocenters. The Morgan fingerprint density at radius 3 is 1.94 bits per heavy atom. The van der Waals surface area contributed by atoms with Crippen LogP contribution in [0.5, 0.6) is 0 Å². The van der Waals surface area contributed by atoms with E-state index in [0.717, 1.165) is 31.7 Å². The van der Waals surface area contributed by atoms with Crippen molar-refractivity contribution in [2.75, 3.05) is 13.1 Å². The minimum absolute atomic E-state index is 0.0618. The molecule has 0 radical (unpaired) electrons. The van der Waals surface area contributed by atoms with Gasteiger partial charge in [0.2, 0.25) is 0 Å². The van der Waals surface area contributed by atoms with Gasteiger partial charge < -0.3 is 15.5 Å². The van der Waals surface area contributed by atoms with Crippen molar-refractivity contribution in [2.45, 2.75) is 69.5 Å². The molecule has 0 spiro atoms. The van der Waals surface area contributed by atoms with Crippen molar-refractivity contribution >= 4 is 6.03 Å². The first-order valence-electron chi connectivity index (χ1n) is 7.62. The number of carbonyl (C=O) groups is 1. The van der Waals surface area contributed by atoms with E-state index in [4.69, 9.17) is 0 Å². The van der Waals surface area contributed by atoms with Crippen LogP contribution >= 0.6 is 0 Å². The number of carbonyl (C=O) groups excluding carboxylic acids is 1. The third-order valence-electron chi connectivity index (χ3n) is 4.62. The van der Waals surface area contributed by atoms with E-state index >= 15 is 0 Å². The summed E-state index contributed by atoms with van der Waals surface area (Å²) in [5, 5.41) is 6.26. The number of hydrogen-bond acceptors (Lipinski definition) is 2. The first-order chi connectivity index (χ1) is 8.81. The fourth-order valence-corrected chi connectivity index (χ4v) is 3.33. The second kappa shape index (κ2) is 5.47. The molecule has 2 saturated carbocycles. The fourth-order valence-electron chi connectivity index (χ4n) is 3.33. The molecule has 1 aliphatic heterocycles. The summed E-state index contributed by atoms with van der Waals surface area (Å²) in [5.41, 5.74) is 0. The minimum atomic E-state index is 0.0618. The normalized spacial score (nSPS) is 27.3. The van der Waals surface area contributed by atoms with Gasteiger partial charge in [-0.05, 0) is 38.5 Å². The summed E-state index contributed by atoms with van der Waals surface area (Å²) in [7, 11) is 0. The zero-order valence-electron chi connectivity index (χ0n) is 11.2. The summed E-state index contributed by atoms with van der Waals surface area (Å²) in [6.07, 6.45) is 9.88. The van der Waals surface area contributed by atoms with E-state index in [1.807, 2.05) is 0 Å². The van der Waals surface area contributed by atoms with Crippen molar-refractivity contribution in [1.29, 1.82) is 0 Å². The smallest absolute Gasteiger partial charge is 0.315 e. The molecule has 2 N–H and O–H groups in total. The van der Waals surface area contributed by atoms with Crippen LogP contribution < -0.4 is 10.6 Å². The Hall–Kier alpha value is -0.770. The minimum Gasteiger partial charge on any atom is -0.335 e. The van der Waals surface area contributed by atoms with Gasteiger partial charge in [0.05, 0.1) is 0 Å². The number of nitrogens with zero attached hydrogens (tertiary/aromatic N) is 1. The second-order valence-corrected chi connectivity index (χ2v) is 6.14. The lowest BCUT2D eigenvalue weighted by Crippen LogP contribution is -2.49. The fraction of sp³-hybridized carbons (Fsp3) is 0.929. The lowest BCUT2D eigenvalue weighted by Gasteiger charge is -2.32. The molecule has 3 aliphatic rings. The Balaban J connectivity index is 1.36. The van der Waals surface area contributed by atoms with Crippen LogP contribution in [0.1, 0.15) is 51.4 Å². The topological polar surface area (TPSA) is 44.4 Å². The van der Waals surface area contributed by atoms with Gasteiger partial charge in [0.15, 0.2) is 0 Å². The molecule has 1 saturated heterocycles. The molecule has 0 atom stereocenters. The maximum absolute atomic E-state index is 11.9. The van der Waals surface area contributed by atoms with E-state index in [1.165, 1.54) is 38.8 Å². The Kier molecular flexibility index (Phi) is 3.73. The van der Waals surface area contributed by atoms with Gasteiger partial charge in [-0.25, -0.2) is 4.79 Å². The molecule has 18 heavy (non-hydrogen) atoms. The molecule has 4 heteroatoms. The number of hydrogen-bond donors (Lipinski definition) is 2. The van der Waals surface area contributed by atoms with Gasteiger partial charge in [-0.1, -0.05) is 12.8 Å². The highest BCUT2D eigenvalue weighted by atomic mass is 16.2. The molecule has 4 nitrogen and oxygen atoms in total. The average molecular weight is 251 g/mol. The summed E-state index contributed by atoms with van der Waals surface area (Å²) >= 11 is 0. The molecule has 3 fully saturated rings. The molecule has 0 bridgehead atoms. The summed E-state index contributed by atoms with van der Waals surface area (Å²) in [6, 6.07) is 1.75. The number of urea groups is 1. The predicted molar refractivity (Wildman–Crippen MR) is 71.5 cm³/mol. The SMILES string of the molecule is O=C(NC1CCCC1)NC1CCN(C2CC2)CC1. The summed E-state index contributed by atoms with van der Waals surface area (Å²) in [4.78, 5) is 14.4. The van der Waals surface area contributed by atoms with Crippen molar-refractivity contribution in [3.8, 4) is 0 Å². The van der Waals surface area contributed by atoms with Crippen LogP contribution in [0.15, 0.2) is 0 Å². The van der Waals surface area contributed by atoms with Gasteiger partial charge in [-0.15, -0.1) is 0 Å². The molecule has 0 aromatic heterocycles. The van der Waals surface area contributed by atoms with E-state index in [0.29, 0.717) is 12.1 Å². The summed E-state index contributed by atoms with van der Waals surface area (Å²) in [6.45, 7) is 2.33. The zero-order chi connectivity index (χ0) is 12.4. The first-order valence-corrected chi connectivity index (χ1v) is 7.62. The van der Waals surface area contributed by atoms with Crippen LogP contribution in [-0.4, -0.2) is 42.1 Å². The zero-order valence-corrected chi connectivity index (χ0v) is 11.2. The Morgan fingerprint density at radius 2 is 1.39 bits per heavy atom. The van der Waals surface area contributed by atoms with Crippen LogP contribution in [0.2, 0.25) is 0 Å². The quantitative estimate of drug-likeness (QED) is 0.804. The first kappa shape index (κ1) is 12.3. The van der Waals surface area contributed by atoms with Gasteiger partial charge in [0.1, 0.15) is 0 Å². The average Bonchev–Trinajstić information content (AvgIpc) is 3.09. The highest BCUT2D eigenvalue weighted by molar-refractivity contribution is 5.74. The molecular weight excluding hydrogens is 226 g/mol. The third kappa shape index (κ3) is 3.16. The van der Waals surface area contributed by atoms with E-state index in [9.17, 15) is 4.79 Å². The Morgan fingerprint density at radius 1 is 0.833 bits per heavy atom. The predicted octanol–water partition coefficient (Wildman–Crippen LogP) is 1.85. The molecule has 102 valence electrons. The van der Waals surface area contributed by atoms with Crippen LogP contribution in [0, 0.1) is 0 Å². The summed E-state index contributed by atoms with van der Waals surface area (Å²) < 4.78 is 0. The maximum Gasteiger partial charge on any atom is 0.315 e. The van der Waals surface area contributed by atoms with Gasteiger partial charge in [-0.3, -0.25) is 0 Å². The highest BCUT2D eigenvalue weighted by Gasteiger charge is 2.32. The monoisotopic (exact) mass is 251 g/mol. The standard InChI is InChI=1S/C14H25N3O/c18-14(15-11-3-1-2-4-11)16-12-7-9-17(10-8-12)13-5-6-13/h11-13H,1-10H2,(H2,15,16,18). The van der Waals surface area contributed by atoms with Crippen LogP contribution in [0.3, 0.4) is 0 Å². The van der Waals surface area contributed by atoms with Crippen LogP contribution in [0.25, 0.3) is 0 Å². The highest BCUT2D eigenvalue weighted by Crippen LogP contribution is 2.29. The van der Waals surface area contributed by atoms with E-state index in [-0.39, 0.29) is 6.03 Å². The second-order valence-electron chi connectivity index (χ2n) is 6.14. The largest absolute Gasteiger partial charge is 0.335 e. The lowest BCUT2D eigenvalue weighted by atomic mass is 10.1. The number of amides is 2. The van der Waals surface area contributed by atoms with E-state index < -0.39 is 0 Å². The molecule has 0 aromatic rings. The summed E-state index contributed by atoms with van der Waals surface area (Å²) in [5.74, 6) is 0. The third-order valence-corrected chi connectivity index (χ3v) is 4.62. The van der Waals surface area contributed by atoms with Gasteiger partial charge in [-0.2, -0.15) is 0 Å². The number of likely N-dealkylation sites (tertiary alicyclic amines) is 1. The van der Waals surface area contributed by atoms with E-state index in [2.05, 4.69) is 15.5 Å². The lowest BCUT2D eigenvalue weighted by molar-refractivity contribution is 0.185. The van der Waals surface area contributed by atoms with Gasteiger partial charge in [0, 0.05) is 31.2 Å². The Labute approximate surface area is 109 Å². The van der Waals surface area contributed by atoms with Crippen LogP contribution in [-0.2, 0) is 0 Å². The Bertz CT molecular complexity index is 289. The van der Waals surface area contributed by atoms with Crippen LogP contribution in [0.4, 0.5) is 4.79 Å². The molecular formula is C14H25N3O. The van der Waals surface area contributed by atoms with E-state index in [1.54, 1.807) is 0 Å².